The minimum atomic E-state index is -0.491. The summed E-state index contributed by atoms with van der Waals surface area (Å²) in [5, 5.41) is 2.98. The largest absolute Gasteiger partial charge is 0.345 e. The molecule has 0 heterocycles. The van der Waals surface area contributed by atoms with Crippen molar-refractivity contribution in [3.63, 3.8) is 0 Å². The molecular weight excluding hydrogens is 250 g/mol. The summed E-state index contributed by atoms with van der Waals surface area (Å²) in [4.78, 5) is 13.5. The second kappa shape index (κ2) is 6.61. The van der Waals surface area contributed by atoms with Crippen molar-refractivity contribution in [2.24, 2.45) is 0 Å². The van der Waals surface area contributed by atoms with Crippen LogP contribution in [0.25, 0.3) is 0 Å². The molecule has 0 saturated carbocycles. The van der Waals surface area contributed by atoms with E-state index >= 15 is 0 Å². The zero-order chi connectivity index (χ0) is 14.6. The van der Waals surface area contributed by atoms with Crippen molar-refractivity contribution in [3.8, 4) is 0 Å². The number of amides is 1. The Morgan fingerprint density at radius 2 is 2.00 bits per heavy atom. The van der Waals surface area contributed by atoms with Crippen molar-refractivity contribution in [2.45, 2.75) is 32.9 Å². The minimum Gasteiger partial charge on any atom is -0.345 e. The van der Waals surface area contributed by atoms with E-state index < -0.39 is 23.7 Å². The summed E-state index contributed by atoms with van der Waals surface area (Å²) in [6, 6.07) is 2.41. The van der Waals surface area contributed by atoms with Crippen molar-refractivity contribution in [3.05, 3.63) is 35.4 Å². The molecule has 0 fully saturated rings. The van der Waals surface area contributed by atoms with E-state index in [4.69, 9.17) is 0 Å². The molecule has 2 atom stereocenters. The number of nitrogens with zero attached hydrogens (tertiary/aromatic N) is 1. The number of carbonyl (C=O) groups is 1. The second-order valence-corrected chi connectivity index (χ2v) is 4.63. The molecule has 1 N–H and O–H groups in total. The zero-order valence-corrected chi connectivity index (χ0v) is 11.7. The molecule has 3 nitrogen and oxygen atoms in total. The lowest BCUT2D eigenvalue weighted by Gasteiger charge is -2.24. The highest BCUT2D eigenvalue weighted by molar-refractivity contribution is 5.81. The lowest BCUT2D eigenvalue weighted by molar-refractivity contribution is -0.131. The number of hydrogen-bond donors (Lipinski definition) is 1. The first-order chi connectivity index (χ1) is 8.86. The predicted molar refractivity (Wildman–Crippen MR) is 70.7 cm³/mol. The van der Waals surface area contributed by atoms with Crippen LogP contribution >= 0.6 is 0 Å². The van der Waals surface area contributed by atoms with E-state index in [9.17, 15) is 13.6 Å². The minimum absolute atomic E-state index is 0.0776. The molecule has 0 spiro atoms. The molecule has 0 aliphatic carbocycles. The Bertz CT molecular complexity index is 451. The van der Waals surface area contributed by atoms with Gasteiger partial charge in [0.05, 0.1) is 6.04 Å². The van der Waals surface area contributed by atoms with E-state index in [1.807, 2.05) is 6.92 Å². The SMILES string of the molecule is CCN(C)C(=O)C(C)NC(C)c1cc(F)ccc1F. The van der Waals surface area contributed by atoms with Crippen LogP contribution in [0, 0.1) is 11.6 Å². The van der Waals surface area contributed by atoms with E-state index in [2.05, 4.69) is 5.32 Å². The maximum Gasteiger partial charge on any atom is 0.239 e. The van der Waals surface area contributed by atoms with Crippen molar-refractivity contribution >= 4 is 5.91 Å². The molecule has 2 unspecified atom stereocenters. The maximum atomic E-state index is 13.6. The van der Waals surface area contributed by atoms with E-state index in [0.29, 0.717) is 6.54 Å². The van der Waals surface area contributed by atoms with Gasteiger partial charge in [0.1, 0.15) is 11.6 Å². The fraction of sp³-hybridized carbons (Fsp3) is 0.500. The second-order valence-electron chi connectivity index (χ2n) is 4.63. The van der Waals surface area contributed by atoms with Gasteiger partial charge in [-0.05, 0) is 39.0 Å². The number of nitrogens with one attached hydrogen (secondary N) is 1. The van der Waals surface area contributed by atoms with Gasteiger partial charge >= 0.3 is 0 Å². The fourth-order valence-electron chi connectivity index (χ4n) is 1.87. The zero-order valence-electron chi connectivity index (χ0n) is 11.7. The highest BCUT2D eigenvalue weighted by atomic mass is 19.1. The van der Waals surface area contributed by atoms with Gasteiger partial charge in [-0.3, -0.25) is 10.1 Å². The molecule has 5 heteroatoms. The number of hydrogen-bond acceptors (Lipinski definition) is 2. The van der Waals surface area contributed by atoms with Crippen LogP contribution in [0.2, 0.25) is 0 Å². The van der Waals surface area contributed by atoms with Gasteiger partial charge in [-0.25, -0.2) is 8.78 Å². The summed E-state index contributed by atoms with van der Waals surface area (Å²) < 4.78 is 26.7. The molecule has 106 valence electrons. The maximum absolute atomic E-state index is 13.6. The Morgan fingerprint density at radius 3 is 2.58 bits per heavy atom. The summed E-state index contributed by atoms with van der Waals surface area (Å²) in [6.45, 7) is 5.89. The highest BCUT2D eigenvalue weighted by Crippen LogP contribution is 2.18. The summed E-state index contributed by atoms with van der Waals surface area (Å²) >= 11 is 0. The number of halogens is 2. The molecule has 1 aromatic carbocycles. The third kappa shape index (κ3) is 3.99. The smallest absolute Gasteiger partial charge is 0.239 e. The van der Waals surface area contributed by atoms with Gasteiger partial charge in [-0.2, -0.15) is 0 Å². The van der Waals surface area contributed by atoms with Gasteiger partial charge in [0, 0.05) is 25.2 Å². The van der Waals surface area contributed by atoms with Gasteiger partial charge in [0.2, 0.25) is 5.91 Å². The lowest BCUT2D eigenvalue weighted by atomic mass is 10.1. The van der Waals surface area contributed by atoms with Gasteiger partial charge < -0.3 is 4.90 Å². The predicted octanol–water partition coefficient (Wildman–Crippen LogP) is 2.48. The van der Waals surface area contributed by atoms with Crippen LogP contribution < -0.4 is 5.32 Å². The van der Waals surface area contributed by atoms with Crippen LogP contribution in [0.15, 0.2) is 18.2 Å². The van der Waals surface area contributed by atoms with E-state index in [0.717, 1.165) is 18.2 Å². The first-order valence-corrected chi connectivity index (χ1v) is 6.32. The van der Waals surface area contributed by atoms with Crippen LogP contribution in [0.5, 0.6) is 0 Å². The Morgan fingerprint density at radius 1 is 1.37 bits per heavy atom. The standard InChI is InChI=1S/C14H20F2N2O/c1-5-18(4)14(19)10(3)17-9(2)12-8-11(15)6-7-13(12)16/h6-10,17H,5H2,1-4H3. The number of benzene rings is 1. The van der Waals surface area contributed by atoms with Gasteiger partial charge in [0.15, 0.2) is 0 Å². The van der Waals surface area contributed by atoms with Gasteiger partial charge in [0.25, 0.3) is 0 Å². The van der Waals surface area contributed by atoms with Crippen LogP contribution in [-0.4, -0.2) is 30.4 Å². The van der Waals surface area contributed by atoms with Gasteiger partial charge in [-0.1, -0.05) is 0 Å². The third-order valence-electron chi connectivity index (χ3n) is 3.15. The van der Waals surface area contributed by atoms with E-state index in [-0.39, 0.29) is 11.5 Å². The molecule has 0 saturated heterocycles. The Hall–Kier alpha value is -1.49. The normalized spacial score (nSPS) is 14.0. The molecular formula is C14H20F2N2O. The molecule has 0 bridgehead atoms. The number of likely N-dealkylation sites (N-methyl/N-ethyl adjacent to an activating group) is 1. The topological polar surface area (TPSA) is 32.3 Å². The summed E-state index contributed by atoms with van der Waals surface area (Å²) in [6.07, 6.45) is 0. The summed E-state index contributed by atoms with van der Waals surface area (Å²) in [5.41, 5.74) is 0.221. The Kier molecular flexibility index (Phi) is 5.42. The van der Waals surface area contributed by atoms with E-state index in [1.54, 1.807) is 25.8 Å². The summed E-state index contributed by atoms with van der Waals surface area (Å²) in [7, 11) is 1.70. The lowest BCUT2D eigenvalue weighted by Crippen LogP contribution is -2.44. The fourth-order valence-corrected chi connectivity index (χ4v) is 1.87. The molecule has 1 amide bonds. The van der Waals surface area contributed by atoms with Crippen LogP contribution in [0.3, 0.4) is 0 Å². The average Bonchev–Trinajstić information content (AvgIpc) is 2.39. The van der Waals surface area contributed by atoms with Crippen LogP contribution in [0.1, 0.15) is 32.4 Å². The summed E-state index contributed by atoms with van der Waals surface area (Å²) in [5.74, 6) is -1.05. The average molecular weight is 270 g/mol. The van der Waals surface area contributed by atoms with Crippen molar-refractivity contribution < 1.29 is 13.6 Å². The molecule has 1 aromatic rings. The molecule has 1 rings (SSSR count). The first-order valence-electron chi connectivity index (χ1n) is 6.32. The molecule has 0 aliphatic rings. The molecule has 0 aliphatic heterocycles. The highest BCUT2D eigenvalue weighted by Gasteiger charge is 2.20. The van der Waals surface area contributed by atoms with Gasteiger partial charge in [-0.15, -0.1) is 0 Å². The third-order valence-corrected chi connectivity index (χ3v) is 3.15. The number of rotatable bonds is 5. The van der Waals surface area contributed by atoms with E-state index in [1.165, 1.54) is 0 Å². The quantitative estimate of drug-likeness (QED) is 0.891. The van der Waals surface area contributed by atoms with Crippen molar-refractivity contribution in [2.75, 3.05) is 13.6 Å². The monoisotopic (exact) mass is 270 g/mol. The molecule has 0 aromatic heterocycles. The van der Waals surface area contributed by atoms with Crippen molar-refractivity contribution in [1.82, 2.24) is 10.2 Å². The van der Waals surface area contributed by atoms with Crippen LogP contribution in [-0.2, 0) is 4.79 Å². The Balaban J connectivity index is 2.76. The molecule has 0 radical (unpaired) electrons. The molecule has 19 heavy (non-hydrogen) atoms. The first kappa shape index (κ1) is 15.6. The number of carbonyl (C=O) groups excluding carboxylic acids is 1. The van der Waals surface area contributed by atoms with Crippen LogP contribution in [0.4, 0.5) is 8.78 Å². The van der Waals surface area contributed by atoms with Crippen molar-refractivity contribution in [1.29, 1.82) is 0 Å². The Labute approximate surface area is 112 Å².